The number of nitrogens with two attached hydrogens (primary N) is 1. The van der Waals surface area contributed by atoms with E-state index in [1.165, 1.54) is 11.8 Å². The fourth-order valence-corrected chi connectivity index (χ4v) is 0.455. The lowest BCUT2D eigenvalue weighted by Gasteiger charge is -1.95. The molecule has 0 saturated heterocycles. The molecule has 0 bridgehead atoms. The van der Waals surface area contributed by atoms with Crippen molar-refractivity contribution >= 4 is 34.3 Å². The van der Waals surface area contributed by atoms with Crippen LogP contribution in [0.4, 0.5) is 4.79 Å². The molecule has 3 nitrogen and oxygen atoms in total. The molecule has 5 heteroatoms. The maximum absolute atomic E-state index is 9.98. The molecule has 0 radical (unpaired) electrons. The highest BCUT2D eigenvalue weighted by molar-refractivity contribution is 8.22. The molecule has 0 rings (SSSR count). The molecular weight excluding hydrogens is 144 g/mol. The average Bonchev–Trinajstić information content (AvgIpc) is 1.65. The van der Waals surface area contributed by atoms with Crippen molar-refractivity contribution in [2.45, 2.75) is 0 Å². The summed E-state index contributed by atoms with van der Waals surface area (Å²) in [7, 11) is 0. The van der Waals surface area contributed by atoms with Crippen molar-refractivity contribution in [2.75, 3.05) is 6.26 Å². The van der Waals surface area contributed by atoms with Gasteiger partial charge >= 0.3 is 6.03 Å². The molecule has 0 heterocycles. The lowest BCUT2D eigenvalue weighted by molar-refractivity contribution is 0.253. The molecule has 0 aliphatic rings. The van der Waals surface area contributed by atoms with Crippen LogP contribution in [-0.4, -0.2) is 16.6 Å². The summed E-state index contributed by atoms with van der Waals surface area (Å²) in [4.78, 5) is 9.98. The first-order valence-corrected chi connectivity index (χ1v) is 3.44. The summed E-state index contributed by atoms with van der Waals surface area (Å²) in [6, 6.07) is -0.607. The third-order valence-electron chi connectivity index (χ3n) is 0.411. The van der Waals surface area contributed by atoms with E-state index in [1.807, 2.05) is 0 Å². The van der Waals surface area contributed by atoms with Gasteiger partial charge in [0.2, 0.25) is 0 Å². The fourth-order valence-electron chi connectivity index (χ4n) is 0.152. The summed E-state index contributed by atoms with van der Waals surface area (Å²) in [5.41, 5.74) is 4.72. The quantitative estimate of drug-likeness (QED) is 0.488. The smallest absolute Gasteiger partial charge is 0.317 e. The minimum Gasteiger partial charge on any atom is -0.351 e. The van der Waals surface area contributed by atoms with Crippen LogP contribution in [0.25, 0.3) is 0 Å². The predicted molar refractivity (Wildman–Crippen MR) is 38.8 cm³/mol. The zero-order valence-electron chi connectivity index (χ0n) is 4.30. The first-order valence-electron chi connectivity index (χ1n) is 1.81. The van der Waals surface area contributed by atoms with Gasteiger partial charge < -0.3 is 5.73 Å². The lowest BCUT2D eigenvalue weighted by Crippen LogP contribution is -2.31. The Hall–Kier alpha value is -0.290. The molecular formula is C3H6N2OS2. The first-order chi connectivity index (χ1) is 3.66. The Balaban J connectivity index is 3.40. The number of rotatable bonds is 0. The van der Waals surface area contributed by atoms with E-state index >= 15 is 0 Å². The van der Waals surface area contributed by atoms with E-state index in [1.54, 1.807) is 6.26 Å². The molecule has 46 valence electrons. The van der Waals surface area contributed by atoms with Gasteiger partial charge in [-0.15, -0.1) is 11.8 Å². The number of primary amides is 1. The number of urea groups is 1. The van der Waals surface area contributed by atoms with Gasteiger partial charge in [-0.2, -0.15) is 0 Å². The number of carbonyl (C=O) groups excluding carboxylic acids is 1. The van der Waals surface area contributed by atoms with Crippen LogP contribution in [0.1, 0.15) is 0 Å². The Bertz CT molecular complexity index is 114. The van der Waals surface area contributed by atoms with Gasteiger partial charge in [-0.05, 0) is 6.26 Å². The Labute approximate surface area is 57.0 Å². The van der Waals surface area contributed by atoms with Crippen LogP contribution in [0, 0.1) is 0 Å². The van der Waals surface area contributed by atoms with Crippen molar-refractivity contribution < 1.29 is 4.79 Å². The predicted octanol–water partition coefficient (Wildman–Crippen LogP) is 0.303. The summed E-state index contributed by atoms with van der Waals surface area (Å²) in [5.74, 6) is 0. The summed E-state index contributed by atoms with van der Waals surface area (Å²) >= 11 is 5.86. The second-order valence-electron chi connectivity index (χ2n) is 0.981. The van der Waals surface area contributed by atoms with Gasteiger partial charge in [-0.3, -0.25) is 5.32 Å². The topological polar surface area (TPSA) is 55.1 Å². The van der Waals surface area contributed by atoms with Gasteiger partial charge in [0.15, 0.2) is 0 Å². The van der Waals surface area contributed by atoms with Crippen molar-refractivity contribution in [2.24, 2.45) is 5.73 Å². The Morgan fingerprint density at radius 1 is 1.88 bits per heavy atom. The molecule has 0 spiro atoms. The highest BCUT2D eigenvalue weighted by Gasteiger charge is 1.93. The molecule has 2 amide bonds. The Morgan fingerprint density at radius 3 is 2.50 bits per heavy atom. The SMILES string of the molecule is CSC(=S)NC(N)=O. The molecule has 0 saturated carbocycles. The van der Waals surface area contributed by atoms with Crippen LogP contribution in [0.15, 0.2) is 0 Å². The zero-order chi connectivity index (χ0) is 6.57. The van der Waals surface area contributed by atoms with Crippen LogP contribution >= 0.6 is 24.0 Å². The number of hydrogen-bond acceptors (Lipinski definition) is 3. The van der Waals surface area contributed by atoms with Crippen molar-refractivity contribution in [1.82, 2.24) is 5.32 Å². The number of amides is 2. The van der Waals surface area contributed by atoms with E-state index in [4.69, 9.17) is 5.73 Å². The maximum Gasteiger partial charge on any atom is 0.317 e. The molecule has 0 aromatic heterocycles. The molecule has 3 N–H and O–H groups in total. The highest BCUT2D eigenvalue weighted by atomic mass is 32.2. The van der Waals surface area contributed by atoms with E-state index in [2.05, 4.69) is 17.5 Å². The standard InChI is InChI=1S/C3H6N2OS2/c1-8-3(7)5-2(4)6/h1H3,(H3,4,5,6,7). The number of nitrogens with one attached hydrogen (secondary N) is 1. The molecule has 0 aliphatic heterocycles. The molecule has 0 aromatic carbocycles. The van der Waals surface area contributed by atoms with E-state index in [9.17, 15) is 4.79 Å². The molecule has 0 aromatic rings. The van der Waals surface area contributed by atoms with Gasteiger partial charge in [-0.25, -0.2) is 4.79 Å². The van der Waals surface area contributed by atoms with Crippen LogP contribution in [-0.2, 0) is 0 Å². The number of carbonyl (C=O) groups is 1. The third kappa shape index (κ3) is 3.89. The fraction of sp³-hybridized carbons (Fsp3) is 0.333. The molecule has 0 unspecified atom stereocenters. The van der Waals surface area contributed by atoms with Crippen molar-refractivity contribution in [3.63, 3.8) is 0 Å². The van der Waals surface area contributed by atoms with Crippen molar-refractivity contribution in [3.8, 4) is 0 Å². The number of hydrogen-bond donors (Lipinski definition) is 2. The Kier molecular flexibility index (Phi) is 3.55. The normalized spacial score (nSPS) is 8.12. The molecule has 0 atom stereocenters. The van der Waals surface area contributed by atoms with Crippen LogP contribution in [0.3, 0.4) is 0 Å². The number of thioether (sulfide) groups is 1. The average molecular weight is 150 g/mol. The third-order valence-corrected chi connectivity index (χ3v) is 1.49. The van der Waals surface area contributed by atoms with E-state index in [0.29, 0.717) is 4.32 Å². The molecule has 0 aliphatic carbocycles. The Morgan fingerprint density at radius 2 is 2.38 bits per heavy atom. The largest absolute Gasteiger partial charge is 0.351 e. The second-order valence-corrected chi connectivity index (χ2v) is 2.46. The van der Waals surface area contributed by atoms with E-state index < -0.39 is 6.03 Å². The van der Waals surface area contributed by atoms with E-state index in [0.717, 1.165) is 0 Å². The second kappa shape index (κ2) is 3.68. The summed E-state index contributed by atoms with van der Waals surface area (Å²) < 4.78 is 0.400. The lowest BCUT2D eigenvalue weighted by atomic mass is 11.0. The van der Waals surface area contributed by atoms with Crippen LogP contribution in [0.5, 0.6) is 0 Å². The van der Waals surface area contributed by atoms with Gasteiger partial charge in [0, 0.05) is 0 Å². The molecule has 0 fully saturated rings. The summed E-state index contributed by atoms with van der Waals surface area (Å²) in [6.45, 7) is 0. The van der Waals surface area contributed by atoms with Gasteiger partial charge in [-0.1, -0.05) is 12.2 Å². The number of thiocarbonyl (C=S) groups is 1. The van der Waals surface area contributed by atoms with Crippen molar-refractivity contribution in [3.05, 3.63) is 0 Å². The van der Waals surface area contributed by atoms with Crippen LogP contribution in [0.2, 0.25) is 0 Å². The van der Waals surface area contributed by atoms with Crippen molar-refractivity contribution in [1.29, 1.82) is 0 Å². The highest BCUT2D eigenvalue weighted by Crippen LogP contribution is 1.91. The first kappa shape index (κ1) is 7.71. The monoisotopic (exact) mass is 150 g/mol. The van der Waals surface area contributed by atoms with Crippen LogP contribution < -0.4 is 11.1 Å². The maximum atomic E-state index is 9.98. The van der Waals surface area contributed by atoms with Gasteiger partial charge in [0.05, 0.1) is 0 Å². The summed E-state index contributed by atoms with van der Waals surface area (Å²) in [6.07, 6.45) is 1.76. The minimum absolute atomic E-state index is 0.400. The zero-order valence-corrected chi connectivity index (χ0v) is 5.94. The van der Waals surface area contributed by atoms with Gasteiger partial charge in [0.25, 0.3) is 0 Å². The minimum atomic E-state index is -0.607. The van der Waals surface area contributed by atoms with Gasteiger partial charge in [0.1, 0.15) is 4.32 Å². The summed E-state index contributed by atoms with van der Waals surface area (Å²) in [5, 5.41) is 2.23. The van der Waals surface area contributed by atoms with E-state index in [-0.39, 0.29) is 0 Å². The molecule has 8 heavy (non-hydrogen) atoms.